The van der Waals surface area contributed by atoms with E-state index in [0.29, 0.717) is 30.0 Å². The van der Waals surface area contributed by atoms with E-state index >= 15 is 0 Å². The van der Waals surface area contributed by atoms with Crippen LogP contribution in [0.2, 0.25) is 0 Å². The monoisotopic (exact) mass is 394 g/mol. The van der Waals surface area contributed by atoms with Crippen LogP contribution in [-0.4, -0.2) is 45.3 Å². The van der Waals surface area contributed by atoms with Gasteiger partial charge in [-0.2, -0.15) is 0 Å². The van der Waals surface area contributed by atoms with Crippen LogP contribution in [0.3, 0.4) is 0 Å². The molecule has 150 valence electrons. The number of anilines is 2. The molecule has 7 heteroatoms. The lowest BCUT2D eigenvalue weighted by Crippen LogP contribution is -2.36. The van der Waals surface area contributed by atoms with Crippen LogP contribution in [0.15, 0.2) is 46.9 Å². The van der Waals surface area contributed by atoms with Crippen molar-refractivity contribution in [1.29, 1.82) is 0 Å². The molecular formula is C22H22N2O5. The molecule has 0 saturated carbocycles. The Labute approximate surface area is 168 Å². The lowest BCUT2D eigenvalue weighted by molar-refractivity contribution is 0.0602. The van der Waals surface area contributed by atoms with Gasteiger partial charge in [0.1, 0.15) is 5.58 Å². The molecule has 0 spiro atoms. The lowest BCUT2D eigenvalue weighted by Gasteiger charge is -2.29. The Morgan fingerprint density at radius 1 is 1.10 bits per heavy atom. The van der Waals surface area contributed by atoms with E-state index in [1.54, 1.807) is 12.1 Å². The average Bonchev–Trinajstić information content (AvgIpc) is 3.11. The number of nitrogens with zero attached hydrogens (tertiary/aromatic N) is 1. The minimum Gasteiger partial charge on any atom is -0.465 e. The predicted molar refractivity (Wildman–Crippen MR) is 110 cm³/mol. The molecule has 1 aliphatic heterocycles. The highest BCUT2D eigenvalue weighted by molar-refractivity contribution is 6.09. The van der Waals surface area contributed by atoms with Gasteiger partial charge in [0.15, 0.2) is 5.76 Å². The molecule has 1 amide bonds. The van der Waals surface area contributed by atoms with Crippen LogP contribution >= 0.6 is 0 Å². The number of hydrogen-bond acceptors (Lipinski definition) is 6. The number of carbonyl (C=O) groups excluding carboxylic acids is 2. The van der Waals surface area contributed by atoms with E-state index in [1.165, 1.54) is 7.11 Å². The van der Waals surface area contributed by atoms with Crippen molar-refractivity contribution >= 4 is 34.2 Å². The number of hydrogen-bond donors (Lipinski definition) is 1. The summed E-state index contributed by atoms with van der Waals surface area (Å²) in [6.07, 6.45) is 0. The van der Waals surface area contributed by atoms with Crippen LogP contribution < -0.4 is 10.2 Å². The van der Waals surface area contributed by atoms with Gasteiger partial charge in [-0.1, -0.05) is 18.2 Å². The predicted octanol–water partition coefficient (Wildman–Crippen LogP) is 3.62. The second-order valence-electron chi connectivity index (χ2n) is 6.83. The van der Waals surface area contributed by atoms with E-state index in [4.69, 9.17) is 13.9 Å². The third kappa shape index (κ3) is 3.69. The van der Waals surface area contributed by atoms with Crippen LogP contribution in [0.25, 0.3) is 11.0 Å². The number of morpholine rings is 1. The molecule has 0 radical (unpaired) electrons. The van der Waals surface area contributed by atoms with Gasteiger partial charge in [0.25, 0.3) is 5.91 Å². The zero-order valence-electron chi connectivity index (χ0n) is 16.4. The average molecular weight is 394 g/mol. The van der Waals surface area contributed by atoms with E-state index in [-0.39, 0.29) is 5.76 Å². The number of aryl methyl sites for hydroxylation is 1. The largest absolute Gasteiger partial charge is 0.465 e. The van der Waals surface area contributed by atoms with E-state index < -0.39 is 11.9 Å². The maximum absolute atomic E-state index is 12.9. The lowest BCUT2D eigenvalue weighted by atomic mass is 10.1. The van der Waals surface area contributed by atoms with Crippen molar-refractivity contribution in [3.05, 3.63) is 59.4 Å². The maximum Gasteiger partial charge on any atom is 0.340 e. The van der Waals surface area contributed by atoms with Crippen LogP contribution in [0, 0.1) is 6.92 Å². The Kier molecular flexibility index (Phi) is 5.22. The number of carbonyl (C=O) groups is 2. The number of ether oxygens (including phenoxy) is 2. The van der Waals surface area contributed by atoms with E-state index in [0.717, 1.165) is 29.7 Å². The Hall–Kier alpha value is -3.32. The van der Waals surface area contributed by atoms with Crippen LogP contribution in [0.4, 0.5) is 11.4 Å². The molecule has 2 aromatic carbocycles. The number of rotatable bonds is 4. The first-order valence-corrected chi connectivity index (χ1v) is 9.43. The van der Waals surface area contributed by atoms with E-state index in [1.807, 2.05) is 37.3 Å². The topological polar surface area (TPSA) is 81.0 Å². The number of fused-ring (bicyclic) bond motifs is 1. The summed E-state index contributed by atoms with van der Waals surface area (Å²) in [6, 6.07) is 12.8. The van der Waals surface area contributed by atoms with Gasteiger partial charge in [-0.05, 0) is 31.2 Å². The Morgan fingerprint density at radius 2 is 1.86 bits per heavy atom. The molecule has 1 aromatic heterocycles. The molecule has 1 saturated heterocycles. The summed E-state index contributed by atoms with van der Waals surface area (Å²) >= 11 is 0. The van der Waals surface area contributed by atoms with Crippen molar-refractivity contribution in [3.8, 4) is 0 Å². The number of amides is 1. The summed E-state index contributed by atoms with van der Waals surface area (Å²) in [5.41, 5.74) is 2.94. The first kappa shape index (κ1) is 19.0. The summed E-state index contributed by atoms with van der Waals surface area (Å²) in [4.78, 5) is 27.4. The molecule has 29 heavy (non-hydrogen) atoms. The van der Waals surface area contributed by atoms with Gasteiger partial charge in [0, 0.05) is 29.7 Å². The van der Waals surface area contributed by atoms with Crippen molar-refractivity contribution in [2.24, 2.45) is 0 Å². The van der Waals surface area contributed by atoms with E-state index in [9.17, 15) is 9.59 Å². The number of esters is 1. The van der Waals surface area contributed by atoms with E-state index in [2.05, 4.69) is 10.2 Å². The molecular weight excluding hydrogens is 372 g/mol. The van der Waals surface area contributed by atoms with Gasteiger partial charge in [0.2, 0.25) is 0 Å². The van der Waals surface area contributed by atoms with Crippen molar-refractivity contribution in [2.75, 3.05) is 43.6 Å². The fourth-order valence-corrected chi connectivity index (χ4v) is 3.51. The normalized spacial score (nSPS) is 14.1. The number of furan rings is 1. The summed E-state index contributed by atoms with van der Waals surface area (Å²) in [6.45, 7) is 4.59. The standard InChI is InChI=1S/C22H22N2O5/c1-14-16-5-3-4-6-19(16)29-20(14)21(25)23-18-8-7-15(13-17(18)22(26)27-2)24-9-11-28-12-10-24/h3-8,13H,9-12H2,1-2H3,(H,23,25). The molecule has 7 nitrogen and oxygen atoms in total. The molecule has 0 unspecified atom stereocenters. The molecule has 4 rings (SSSR count). The Balaban J connectivity index is 1.65. The number of benzene rings is 2. The van der Waals surface area contributed by atoms with Crippen molar-refractivity contribution in [3.63, 3.8) is 0 Å². The van der Waals surface area contributed by atoms with Gasteiger partial charge in [-0.25, -0.2) is 4.79 Å². The zero-order valence-corrected chi connectivity index (χ0v) is 16.4. The Morgan fingerprint density at radius 3 is 2.59 bits per heavy atom. The number of nitrogens with one attached hydrogen (secondary N) is 1. The summed E-state index contributed by atoms with van der Waals surface area (Å²) in [7, 11) is 1.32. The fourth-order valence-electron chi connectivity index (χ4n) is 3.51. The van der Waals surface area contributed by atoms with Gasteiger partial charge < -0.3 is 24.1 Å². The van der Waals surface area contributed by atoms with Crippen LogP contribution in [-0.2, 0) is 9.47 Å². The first-order valence-electron chi connectivity index (χ1n) is 9.43. The van der Waals surface area contributed by atoms with Gasteiger partial charge in [-0.3, -0.25) is 4.79 Å². The van der Waals surface area contributed by atoms with Gasteiger partial charge in [0.05, 0.1) is 31.6 Å². The van der Waals surface area contributed by atoms with Crippen LogP contribution in [0.1, 0.15) is 26.5 Å². The highest BCUT2D eigenvalue weighted by Crippen LogP contribution is 2.28. The minimum absolute atomic E-state index is 0.222. The summed E-state index contributed by atoms with van der Waals surface area (Å²) in [5, 5.41) is 3.68. The maximum atomic E-state index is 12.9. The highest BCUT2D eigenvalue weighted by atomic mass is 16.5. The molecule has 0 aliphatic carbocycles. The zero-order chi connectivity index (χ0) is 20.4. The molecule has 1 N–H and O–H groups in total. The first-order chi connectivity index (χ1) is 14.1. The third-order valence-electron chi connectivity index (χ3n) is 5.08. The Bertz CT molecular complexity index is 1070. The summed E-state index contributed by atoms with van der Waals surface area (Å²) in [5.74, 6) is -0.709. The second-order valence-corrected chi connectivity index (χ2v) is 6.83. The van der Waals surface area contributed by atoms with Crippen molar-refractivity contribution in [2.45, 2.75) is 6.92 Å². The summed E-state index contributed by atoms with van der Waals surface area (Å²) < 4.78 is 16.0. The van der Waals surface area contributed by atoms with Gasteiger partial charge in [-0.15, -0.1) is 0 Å². The second kappa shape index (κ2) is 7.97. The minimum atomic E-state index is -0.517. The third-order valence-corrected chi connectivity index (χ3v) is 5.08. The van der Waals surface area contributed by atoms with Gasteiger partial charge >= 0.3 is 5.97 Å². The SMILES string of the molecule is COC(=O)c1cc(N2CCOCC2)ccc1NC(=O)c1oc2ccccc2c1C. The molecule has 3 aromatic rings. The van der Waals surface area contributed by atoms with Crippen molar-refractivity contribution < 1.29 is 23.5 Å². The van der Waals surface area contributed by atoms with Crippen LogP contribution in [0.5, 0.6) is 0 Å². The smallest absolute Gasteiger partial charge is 0.340 e. The quantitative estimate of drug-likeness (QED) is 0.681. The van der Waals surface area contributed by atoms with Crippen molar-refractivity contribution in [1.82, 2.24) is 0 Å². The number of methoxy groups -OCH3 is 1. The molecule has 2 heterocycles. The molecule has 1 fully saturated rings. The molecule has 0 atom stereocenters. The molecule has 1 aliphatic rings. The highest BCUT2D eigenvalue weighted by Gasteiger charge is 2.22. The number of para-hydroxylation sites is 1. The molecule has 0 bridgehead atoms. The fraction of sp³-hybridized carbons (Fsp3) is 0.273.